The van der Waals surface area contributed by atoms with Crippen molar-refractivity contribution in [2.45, 2.75) is 36.4 Å². The minimum Gasteiger partial charge on any atom is -0.496 e. The molecule has 3 heterocycles. The van der Waals surface area contributed by atoms with E-state index in [1.165, 1.54) is 0 Å². The maximum Gasteiger partial charge on any atom is 0.256 e. The van der Waals surface area contributed by atoms with Gasteiger partial charge in [-0.15, -0.1) is 0 Å². The molecular formula is C21H20BrN3O4. The number of fused-ring (bicyclic) bond motifs is 4. The van der Waals surface area contributed by atoms with E-state index in [1.807, 2.05) is 42.5 Å². The topological polar surface area (TPSA) is 84.7 Å². The molecule has 8 heteroatoms. The number of carbonyl (C=O) groups is 1. The van der Waals surface area contributed by atoms with Gasteiger partial charge in [-0.1, -0.05) is 24.3 Å². The molecule has 2 saturated heterocycles. The van der Waals surface area contributed by atoms with Crippen LogP contribution in [0.25, 0.3) is 0 Å². The smallest absolute Gasteiger partial charge is 0.256 e. The minimum atomic E-state index is -1.28. The van der Waals surface area contributed by atoms with Gasteiger partial charge in [0, 0.05) is 28.8 Å². The highest BCUT2D eigenvalue weighted by Gasteiger charge is 2.73. The van der Waals surface area contributed by atoms with Crippen molar-refractivity contribution in [1.29, 1.82) is 0 Å². The van der Waals surface area contributed by atoms with Gasteiger partial charge in [-0.05, 0) is 52.5 Å². The molecule has 2 aromatic carbocycles. The van der Waals surface area contributed by atoms with Gasteiger partial charge in [0.25, 0.3) is 11.9 Å². The number of ether oxygens (including phenoxy) is 1. The molecule has 5 rings (SSSR count). The molecule has 0 aliphatic carbocycles. The van der Waals surface area contributed by atoms with Crippen molar-refractivity contribution in [2.75, 3.05) is 19.0 Å². The van der Waals surface area contributed by atoms with E-state index in [0.717, 1.165) is 22.9 Å². The zero-order chi connectivity index (χ0) is 20.3. The number of nitrogens with zero attached hydrogens (tertiary/aromatic N) is 2. The molecule has 0 bridgehead atoms. The average Bonchev–Trinajstić information content (AvgIpc) is 3.35. The lowest BCUT2D eigenvalue weighted by molar-refractivity contribution is -0.534. The summed E-state index contributed by atoms with van der Waals surface area (Å²) in [6, 6.07) is 11.8. The molecule has 0 saturated carbocycles. The molecule has 3 aliphatic heterocycles. The van der Waals surface area contributed by atoms with E-state index in [1.54, 1.807) is 7.11 Å². The molecule has 7 nitrogen and oxygen atoms in total. The second kappa shape index (κ2) is 6.53. The number of benzene rings is 2. The van der Waals surface area contributed by atoms with Gasteiger partial charge >= 0.3 is 0 Å². The van der Waals surface area contributed by atoms with Crippen LogP contribution in [0.15, 0.2) is 46.9 Å². The Labute approximate surface area is 176 Å². The van der Waals surface area contributed by atoms with Crippen LogP contribution in [0.1, 0.15) is 29.9 Å². The van der Waals surface area contributed by atoms with Crippen LogP contribution in [0.2, 0.25) is 0 Å². The summed E-state index contributed by atoms with van der Waals surface area (Å²) in [5.74, 6) is -0.0136. The van der Waals surface area contributed by atoms with Gasteiger partial charge in [-0.25, -0.2) is 0 Å². The number of nitro groups is 1. The number of rotatable bonds is 3. The minimum absolute atomic E-state index is 0.0670. The number of anilines is 1. The normalized spacial score (nSPS) is 30.3. The Kier molecular flexibility index (Phi) is 4.18. The lowest BCUT2D eigenvalue weighted by atomic mass is 9.77. The molecule has 4 atom stereocenters. The quantitative estimate of drug-likeness (QED) is 0.562. The zero-order valence-electron chi connectivity index (χ0n) is 15.8. The van der Waals surface area contributed by atoms with Crippen LogP contribution in [-0.4, -0.2) is 41.5 Å². The van der Waals surface area contributed by atoms with Gasteiger partial charge in [-0.3, -0.25) is 19.8 Å². The number of amides is 1. The zero-order valence-corrected chi connectivity index (χ0v) is 17.4. The number of hydrogen-bond acceptors (Lipinski definition) is 5. The second-order valence-electron chi connectivity index (χ2n) is 7.82. The van der Waals surface area contributed by atoms with Gasteiger partial charge in [0.05, 0.1) is 17.5 Å². The summed E-state index contributed by atoms with van der Waals surface area (Å²) < 4.78 is 6.08. The molecule has 0 unspecified atom stereocenters. The predicted octanol–water partition coefficient (Wildman–Crippen LogP) is 3.51. The summed E-state index contributed by atoms with van der Waals surface area (Å²) in [7, 11) is 1.59. The summed E-state index contributed by atoms with van der Waals surface area (Å²) in [4.78, 5) is 27.7. The Hall–Kier alpha value is -2.45. The van der Waals surface area contributed by atoms with Crippen LogP contribution in [0.3, 0.4) is 0 Å². The first kappa shape index (κ1) is 18.6. The molecule has 1 N–H and O–H groups in total. The first-order valence-electron chi connectivity index (χ1n) is 9.64. The monoisotopic (exact) mass is 457 g/mol. The number of nitrogens with one attached hydrogen (secondary N) is 1. The fraction of sp³-hybridized carbons (Fsp3) is 0.381. The van der Waals surface area contributed by atoms with E-state index in [4.69, 9.17) is 4.74 Å². The highest BCUT2D eigenvalue weighted by Crippen LogP contribution is 2.58. The van der Waals surface area contributed by atoms with Crippen molar-refractivity contribution >= 4 is 27.5 Å². The molecule has 150 valence electrons. The molecule has 0 radical (unpaired) electrons. The number of hydrogen-bond donors (Lipinski definition) is 1. The Bertz CT molecular complexity index is 1030. The van der Waals surface area contributed by atoms with Gasteiger partial charge in [0.15, 0.2) is 5.54 Å². The van der Waals surface area contributed by atoms with E-state index in [-0.39, 0.29) is 16.9 Å². The maximum absolute atomic E-state index is 13.4. The van der Waals surface area contributed by atoms with Crippen LogP contribution < -0.4 is 10.1 Å². The van der Waals surface area contributed by atoms with Crippen LogP contribution in [0, 0.1) is 10.1 Å². The standard InChI is InChI=1S/C21H20BrN3O4/c1-29-17-9-8-12(11-14(17)22)18-16-7-4-10-24(16)21(19(18)25(27)28)13-5-2-3-6-15(13)23-20(21)26/h2-3,5-6,8-9,11,16,18-19H,4,7,10H2,1H3,(H,23,26)/t16-,18+,19-,21-/m0/s1. The molecule has 3 aliphatic rings. The van der Waals surface area contributed by atoms with Crippen molar-refractivity contribution in [3.05, 3.63) is 68.2 Å². The SMILES string of the molecule is COc1ccc([C@H]2[C@H]([N+](=O)[O-])[C@@]3(C(=O)Nc4ccccc43)N3CCC[C@@H]23)cc1Br. The Morgan fingerprint density at radius 2 is 2.10 bits per heavy atom. The molecular weight excluding hydrogens is 438 g/mol. The molecule has 1 amide bonds. The third kappa shape index (κ3) is 2.36. The number of carbonyl (C=O) groups excluding carboxylic acids is 1. The lowest BCUT2D eigenvalue weighted by Crippen LogP contribution is -2.55. The molecule has 2 aromatic rings. The van der Waals surface area contributed by atoms with E-state index in [0.29, 0.717) is 23.5 Å². The summed E-state index contributed by atoms with van der Waals surface area (Å²) in [6.45, 7) is 0.671. The highest BCUT2D eigenvalue weighted by molar-refractivity contribution is 9.10. The molecule has 1 spiro atoms. The molecule has 2 fully saturated rings. The van der Waals surface area contributed by atoms with Crippen molar-refractivity contribution in [3.63, 3.8) is 0 Å². The van der Waals surface area contributed by atoms with E-state index in [9.17, 15) is 14.9 Å². The van der Waals surface area contributed by atoms with Crippen molar-refractivity contribution < 1.29 is 14.5 Å². The van der Waals surface area contributed by atoms with Crippen molar-refractivity contribution in [1.82, 2.24) is 4.90 Å². The third-order valence-electron chi connectivity index (χ3n) is 6.65. The lowest BCUT2D eigenvalue weighted by Gasteiger charge is -2.32. The van der Waals surface area contributed by atoms with E-state index >= 15 is 0 Å². The van der Waals surface area contributed by atoms with Crippen LogP contribution in [0.4, 0.5) is 5.69 Å². The third-order valence-corrected chi connectivity index (χ3v) is 7.27. The van der Waals surface area contributed by atoms with Crippen LogP contribution in [0.5, 0.6) is 5.75 Å². The van der Waals surface area contributed by atoms with Gasteiger partial charge < -0.3 is 10.1 Å². The van der Waals surface area contributed by atoms with Crippen molar-refractivity contribution in [3.8, 4) is 5.75 Å². The van der Waals surface area contributed by atoms with Gasteiger partial charge in [0.2, 0.25) is 0 Å². The van der Waals surface area contributed by atoms with E-state index in [2.05, 4.69) is 26.1 Å². The number of para-hydroxylation sites is 1. The first-order chi connectivity index (χ1) is 14.0. The van der Waals surface area contributed by atoms with Gasteiger partial charge in [-0.2, -0.15) is 0 Å². The predicted molar refractivity (Wildman–Crippen MR) is 111 cm³/mol. The van der Waals surface area contributed by atoms with Crippen molar-refractivity contribution in [2.24, 2.45) is 0 Å². The average molecular weight is 458 g/mol. The Morgan fingerprint density at radius 3 is 2.83 bits per heavy atom. The number of methoxy groups -OCH3 is 1. The fourth-order valence-corrected chi connectivity index (χ4v) is 6.22. The maximum atomic E-state index is 13.4. The van der Waals surface area contributed by atoms with Crippen LogP contribution >= 0.6 is 15.9 Å². The Balaban J connectivity index is 1.73. The summed E-state index contributed by atoms with van der Waals surface area (Å²) in [6.07, 6.45) is 1.75. The summed E-state index contributed by atoms with van der Waals surface area (Å²) in [5.41, 5.74) is 0.962. The van der Waals surface area contributed by atoms with Gasteiger partial charge in [0.1, 0.15) is 5.75 Å². The number of halogens is 1. The Morgan fingerprint density at radius 1 is 1.31 bits per heavy atom. The second-order valence-corrected chi connectivity index (χ2v) is 8.67. The highest BCUT2D eigenvalue weighted by atomic mass is 79.9. The van der Waals surface area contributed by atoms with E-state index < -0.39 is 17.5 Å². The first-order valence-corrected chi connectivity index (χ1v) is 10.4. The molecule has 0 aromatic heterocycles. The van der Waals surface area contributed by atoms with Crippen LogP contribution in [-0.2, 0) is 10.3 Å². The fourth-order valence-electron chi connectivity index (χ4n) is 5.67. The largest absolute Gasteiger partial charge is 0.496 e. The molecule has 29 heavy (non-hydrogen) atoms. The summed E-state index contributed by atoms with van der Waals surface area (Å²) >= 11 is 3.51. The summed E-state index contributed by atoms with van der Waals surface area (Å²) in [5, 5.41) is 15.4.